The average Bonchev–Trinajstić information content (AvgIpc) is 2.75. The third-order valence-corrected chi connectivity index (χ3v) is 2.52. The third kappa shape index (κ3) is 2.37. The van der Waals surface area contributed by atoms with Gasteiger partial charge in [0.25, 0.3) is 0 Å². The summed E-state index contributed by atoms with van der Waals surface area (Å²) in [6.45, 7) is 3.11. The first kappa shape index (κ1) is 10.6. The van der Waals surface area contributed by atoms with Gasteiger partial charge in [0.15, 0.2) is 6.29 Å². The van der Waals surface area contributed by atoms with Gasteiger partial charge in [0, 0.05) is 25.2 Å². The van der Waals surface area contributed by atoms with Crippen molar-refractivity contribution in [2.24, 2.45) is 7.05 Å². The van der Waals surface area contributed by atoms with Crippen molar-refractivity contribution in [2.75, 3.05) is 13.2 Å². The predicted molar refractivity (Wildman–Crippen MR) is 53.2 cm³/mol. The second-order valence-electron chi connectivity index (χ2n) is 3.77. The summed E-state index contributed by atoms with van der Waals surface area (Å²) < 4.78 is 12.3. The molecule has 2 heterocycles. The van der Waals surface area contributed by atoms with Crippen LogP contribution in [0.5, 0.6) is 0 Å². The van der Waals surface area contributed by atoms with Crippen LogP contribution in [0.2, 0.25) is 0 Å². The van der Waals surface area contributed by atoms with Crippen molar-refractivity contribution in [3.63, 3.8) is 0 Å². The first-order valence-corrected chi connectivity index (χ1v) is 5.08. The molecule has 0 saturated carbocycles. The molecular formula is C10H16N2O3. The molecule has 0 radical (unpaired) electrons. The lowest BCUT2D eigenvalue weighted by atomic mass is 10.1. The van der Waals surface area contributed by atoms with E-state index in [1.165, 1.54) is 0 Å². The molecule has 1 unspecified atom stereocenters. The van der Waals surface area contributed by atoms with Crippen LogP contribution in [0.25, 0.3) is 0 Å². The lowest BCUT2D eigenvalue weighted by molar-refractivity contribution is -0.0708. The number of hydrogen-bond acceptors (Lipinski definition) is 4. The van der Waals surface area contributed by atoms with E-state index in [2.05, 4.69) is 5.10 Å². The monoisotopic (exact) mass is 212 g/mol. The van der Waals surface area contributed by atoms with Crippen LogP contribution in [0.15, 0.2) is 6.20 Å². The van der Waals surface area contributed by atoms with Crippen LogP contribution in [0, 0.1) is 6.92 Å². The normalized spacial score (nSPS) is 19.7. The summed E-state index contributed by atoms with van der Waals surface area (Å²) in [6, 6.07) is 0. The van der Waals surface area contributed by atoms with E-state index in [9.17, 15) is 5.11 Å². The number of aliphatic hydroxyl groups excluding tert-OH is 1. The lowest BCUT2D eigenvalue weighted by Gasteiger charge is -2.13. The van der Waals surface area contributed by atoms with E-state index in [0.717, 1.165) is 11.3 Å². The zero-order valence-electron chi connectivity index (χ0n) is 9.01. The summed E-state index contributed by atoms with van der Waals surface area (Å²) in [6.07, 6.45) is 1.45. The van der Waals surface area contributed by atoms with Crippen LogP contribution >= 0.6 is 0 Å². The summed E-state index contributed by atoms with van der Waals surface area (Å²) in [5.74, 6) is 0. The first-order valence-electron chi connectivity index (χ1n) is 5.08. The van der Waals surface area contributed by atoms with Gasteiger partial charge < -0.3 is 14.6 Å². The number of aryl methyl sites for hydroxylation is 2. The Morgan fingerprint density at radius 2 is 2.27 bits per heavy atom. The highest BCUT2D eigenvalue weighted by molar-refractivity contribution is 5.18. The molecule has 0 bridgehead atoms. The highest BCUT2D eigenvalue weighted by Crippen LogP contribution is 2.23. The molecule has 0 aromatic carbocycles. The minimum atomic E-state index is -0.568. The highest BCUT2D eigenvalue weighted by atomic mass is 16.7. The minimum Gasteiger partial charge on any atom is -0.388 e. The molecule has 1 aromatic heterocycles. The maximum absolute atomic E-state index is 9.96. The molecule has 0 aliphatic carbocycles. The van der Waals surface area contributed by atoms with Crippen molar-refractivity contribution in [3.05, 3.63) is 17.5 Å². The second-order valence-corrected chi connectivity index (χ2v) is 3.77. The van der Waals surface area contributed by atoms with Crippen molar-refractivity contribution >= 4 is 0 Å². The van der Waals surface area contributed by atoms with E-state index >= 15 is 0 Å². The summed E-state index contributed by atoms with van der Waals surface area (Å²) in [5, 5.41) is 14.1. The predicted octanol–water partition coefficient (Wildman–Crippen LogP) is 0.525. The smallest absolute Gasteiger partial charge is 0.160 e. The molecule has 5 heteroatoms. The van der Waals surface area contributed by atoms with Gasteiger partial charge in [-0.3, -0.25) is 4.68 Å². The Morgan fingerprint density at radius 3 is 2.80 bits per heavy atom. The molecule has 15 heavy (non-hydrogen) atoms. The molecule has 1 fully saturated rings. The van der Waals surface area contributed by atoms with Gasteiger partial charge in [-0.15, -0.1) is 0 Å². The van der Waals surface area contributed by atoms with Gasteiger partial charge in [-0.2, -0.15) is 5.10 Å². The van der Waals surface area contributed by atoms with Gasteiger partial charge in [-0.1, -0.05) is 0 Å². The maximum Gasteiger partial charge on any atom is 0.160 e. The second kappa shape index (κ2) is 4.30. The number of ether oxygens (including phenoxy) is 2. The fraction of sp³-hybridized carbons (Fsp3) is 0.700. The van der Waals surface area contributed by atoms with E-state index in [0.29, 0.717) is 19.6 Å². The number of aromatic nitrogens is 2. The maximum atomic E-state index is 9.96. The summed E-state index contributed by atoms with van der Waals surface area (Å²) in [5.41, 5.74) is 1.69. The SMILES string of the molecule is Cc1nn(C)cc1C(O)CC1OCCO1. The largest absolute Gasteiger partial charge is 0.388 e. The highest BCUT2D eigenvalue weighted by Gasteiger charge is 2.23. The van der Waals surface area contributed by atoms with Gasteiger partial charge in [0.05, 0.1) is 25.0 Å². The van der Waals surface area contributed by atoms with Crippen LogP contribution in [-0.2, 0) is 16.5 Å². The molecule has 0 spiro atoms. The molecule has 1 aliphatic rings. The number of aliphatic hydroxyl groups is 1. The van der Waals surface area contributed by atoms with Crippen molar-refractivity contribution in [1.29, 1.82) is 0 Å². The molecule has 1 atom stereocenters. The van der Waals surface area contributed by atoms with Gasteiger partial charge in [0.2, 0.25) is 0 Å². The average molecular weight is 212 g/mol. The van der Waals surface area contributed by atoms with E-state index in [4.69, 9.17) is 9.47 Å². The molecule has 84 valence electrons. The Hall–Kier alpha value is -0.910. The fourth-order valence-electron chi connectivity index (χ4n) is 1.80. The van der Waals surface area contributed by atoms with Crippen LogP contribution in [0.3, 0.4) is 0 Å². The zero-order valence-corrected chi connectivity index (χ0v) is 9.01. The van der Waals surface area contributed by atoms with Gasteiger partial charge >= 0.3 is 0 Å². The van der Waals surface area contributed by atoms with Crippen molar-refractivity contribution in [1.82, 2.24) is 9.78 Å². The lowest BCUT2D eigenvalue weighted by Crippen LogP contribution is -2.13. The molecule has 1 N–H and O–H groups in total. The first-order chi connectivity index (χ1) is 7.16. The van der Waals surface area contributed by atoms with Crippen LogP contribution in [0.1, 0.15) is 23.8 Å². The van der Waals surface area contributed by atoms with Gasteiger partial charge in [-0.05, 0) is 6.92 Å². The van der Waals surface area contributed by atoms with E-state index in [1.54, 1.807) is 4.68 Å². The topological polar surface area (TPSA) is 56.5 Å². The molecule has 2 rings (SSSR count). The number of hydrogen-bond donors (Lipinski definition) is 1. The Kier molecular flexibility index (Phi) is 3.04. The van der Waals surface area contributed by atoms with E-state index < -0.39 is 6.10 Å². The zero-order chi connectivity index (χ0) is 10.8. The number of nitrogens with zero attached hydrogens (tertiary/aromatic N) is 2. The van der Waals surface area contributed by atoms with Crippen LogP contribution in [-0.4, -0.2) is 34.4 Å². The molecule has 5 nitrogen and oxygen atoms in total. The molecular weight excluding hydrogens is 196 g/mol. The van der Waals surface area contributed by atoms with E-state index in [1.807, 2.05) is 20.2 Å². The van der Waals surface area contributed by atoms with E-state index in [-0.39, 0.29) is 6.29 Å². The minimum absolute atomic E-state index is 0.278. The summed E-state index contributed by atoms with van der Waals surface area (Å²) >= 11 is 0. The van der Waals surface area contributed by atoms with Crippen molar-refractivity contribution in [3.8, 4) is 0 Å². The van der Waals surface area contributed by atoms with Crippen molar-refractivity contribution in [2.45, 2.75) is 25.7 Å². The Balaban J connectivity index is 2.00. The number of rotatable bonds is 3. The molecule has 1 aliphatic heterocycles. The van der Waals surface area contributed by atoms with Crippen molar-refractivity contribution < 1.29 is 14.6 Å². The Bertz CT molecular complexity index is 331. The van der Waals surface area contributed by atoms with Crippen LogP contribution < -0.4 is 0 Å². The van der Waals surface area contributed by atoms with Gasteiger partial charge in [-0.25, -0.2) is 0 Å². The fourth-order valence-corrected chi connectivity index (χ4v) is 1.80. The van der Waals surface area contributed by atoms with Crippen LogP contribution in [0.4, 0.5) is 0 Å². The quantitative estimate of drug-likeness (QED) is 0.793. The third-order valence-electron chi connectivity index (χ3n) is 2.52. The summed E-state index contributed by atoms with van der Waals surface area (Å²) in [7, 11) is 1.84. The standard InChI is InChI=1S/C10H16N2O3/c1-7-8(6-12(2)11-7)9(13)5-10-14-3-4-15-10/h6,9-10,13H,3-5H2,1-2H3. The van der Waals surface area contributed by atoms with Gasteiger partial charge in [0.1, 0.15) is 0 Å². The Labute approximate surface area is 88.6 Å². The molecule has 1 aromatic rings. The summed E-state index contributed by atoms with van der Waals surface area (Å²) in [4.78, 5) is 0. The molecule has 0 amide bonds. The Morgan fingerprint density at radius 1 is 1.60 bits per heavy atom. The molecule has 1 saturated heterocycles.